The standard InChI is InChI=1S/C30H34F2N4O5/c1-7-40-28(38)21-16-36(27(37)18-8-11-22(31)23(32)14-18)17-30(2,3)25-20-10-9-19(15-24(20)35(6)26(21)25)41-29(39)33-12-13-34(4)5/h8-11,14-16H,7,12-13,17H2,1-6H3,(H,33,39). The Morgan fingerprint density at radius 1 is 1.07 bits per heavy atom. The van der Waals surface area contributed by atoms with E-state index in [1.165, 1.54) is 17.2 Å². The molecule has 9 nitrogen and oxygen atoms in total. The summed E-state index contributed by atoms with van der Waals surface area (Å²) in [6, 6.07) is 8.15. The fourth-order valence-electron chi connectivity index (χ4n) is 5.06. The molecular weight excluding hydrogens is 534 g/mol. The van der Waals surface area contributed by atoms with Crippen molar-refractivity contribution in [2.75, 3.05) is 40.3 Å². The minimum absolute atomic E-state index is 0.0550. The number of amides is 2. The van der Waals surface area contributed by atoms with E-state index in [4.69, 9.17) is 9.47 Å². The number of likely N-dealkylation sites (N-methyl/N-ethyl adjacent to an activating group) is 1. The average Bonchev–Trinajstić information content (AvgIpc) is 3.12. The van der Waals surface area contributed by atoms with Crippen molar-refractivity contribution in [2.24, 2.45) is 7.05 Å². The predicted octanol–water partition coefficient (Wildman–Crippen LogP) is 4.44. The highest BCUT2D eigenvalue weighted by Gasteiger charge is 2.39. The van der Waals surface area contributed by atoms with Crippen LogP contribution in [0.15, 0.2) is 42.6 Å². The van der Waals surface area contributed by atoms with E-state index in [-0.39, 0.29) is 24.3 Å². The minimum Gasteiger partial charge on any atom is -0.462 e. The van der Waals surface area contributed by atoms with Gasteiger partial charge in [0.15, 0.2) is 11.6 Å². The smallest absolute Gasteiger partial charge is 0.412 e. The van der Waals surface area contributed by atoms with E-state index in [1.807, 2.05) is 38.9 Å². The topological polar surface area (TPSA) is 93.1 Å². The number of nitrogens with one attached hydrogen (secondary N) is 1. The van der Waals surface area contributed by atoms with Crippen molar-refractivity contribution in [3.63, 3.8) is 0 Å². The van der Waals surface area contributed by atoms with Crippen molar-refractivity contribution >= 4 is 34.4 Å². The first-order valence-corrected chi connectivity index (χ1v) is 13.2. The molecule has 0 bridgehead atoms. The summed E-state index contributed by atoms with van der Waals surface area (Å²) < 4.78 is 40.2. The summed E-state index contributed by atoms with van der Waals surface area (Å²) in [6.45, 7) is 6.87. The summed E-state index contributed by atoms with van der Waals surface area (Å²) in [5.74, 6) is -3.11. The molecular formula is C30H34F2N4O5. The number of hydrogen-bond acceptors (Lipinski definition) is 6. The van der Waals surface area contributed by atoms with Gasteiger partial charge in [-0.25, -0.2) is 18.4 Å². The molecule has 1 aliphatic rings. The number of rotatable bonds is 7. The average molecular weight is 569 g/mol. The molecule has 218 valence electrons. The molecule has 0 saturated heterocycles. The van der Waals surface area contributed by atoms with Crippen molar-refractivity contribution in [2.45, 2.75) is 26.2 Å². The Kier molecular flexibility index (Phi) is 8.48. The third-order valence-electron chi connectivity index (χ3n) is 6.92. The maximum atomic E-state index is 14.0. The molecule has 0 aliphatic carbocycles. The third-order valence-corrected chi connectivity index (χ3v) is 6.92. The summed E-state index contributed by atoms with van der Waals surface area (Å²) in [5.41, 5.74) is 1.40. The van der Waals surface area contributed by atoms with E-state index in [1.54, 1.807) is 30.7 Å². The summed E-state index contributed by atoms with van der Waals surface area (Å²) >= 11 is 0. The molecule has 0 spiro atoms. The lowest BCUT2D eigenvalue weighted by Gasteiger charge is -2.29. The zero-order chi connectivity index (χ0) is 30.1. The van der Waals surface area contributed by atoms with Crippen LogP contribution in [0.1, 0.15) is 42.4 Å². The number of benzene rings is 2. The van der Waals surface area contributed by atoms with E-state index >= 15 is 0 Å². The number of esters is 1. The first-order valence-electron chi connectivity index (χ1n) is 13.2. The zero-order valence-corrected chi connectivity index (χ0v) is 24.0. The molecule has 2 aromatic carbocycles. The predicted molar refractivity (Wildman–Crippen MR) is 151 cm³/mol. The van der Waals surface area contributed by atoms with Gasteiger partial charge in [0.1, 0.15) is 5.75 Å². The molecule has 0 saturated carbocycles. The highest BCUT2D eigenvalue weighted by atomic mass is 19.2. The van der Waals surface area contributed by atoms with Gasteiger partial charge in [-0.1, -0.05) is 13.8 Å². The quantitative estimate of drug-likeness (QED) is 0.424. The Bertz CT molecular complexity index is 1540. The van der Waals surface area contributed by atoms with E-state index < -0.39 is 35.0 Å². The van der Waals surface area contributed by atoms with Gasteiger partial charge >= 0.3 is 12.1 Å². The van der Waals surface area contributed by atoms with E-state index in [9.17, 15) is 23.2 Å². The van der Waals surface area contributed by atoms with Crippen LogP contribution in [0.5, 0.6) is 5.75 Å². The van der Waals surface area contributed by atoms with Crippen LogP contribution in [0.3, 0.4) is 0 Å². The molecule has 0 fully saturated rings. The number of halogens is 2. The van der Waals surface area contributed by atoms with Gasteiger partial charge in [0.25, 0.3) is 5.91 Å². The summed E-state index contributed by atoms with van der Waals surface area (Å²) in [4.78, 5) is 42.4. The molecule has 4 rings (SSSR count). The van der Waals surface area contributed by atoms with Crippen molar-refractivity contribution in [3.05, 3.63) is 71.1 Å². The van der Waals surface area contributed by atoms with E-state index in [0.29, 0.717) is 30.0 Å². The fourth-order valence-corrected chi connectivity index (χ4v) is 5.06. The summed E-state index contributed by atoms with van der Waals surface area (Å²) in [5, 5.41) is 3.50. The Hall–Kier alpha value is -4.25. The number of carbonyl (C=O) groups excluding carboxylic acids is 3. The molecule has 11 heteroatoms. The van der Waals surface area contributed by atoms with Gasteiger partial charge in [-0.05, 0) is 56.9 Å². The van der Waals surface area contributed by atoms with Crippen molar-refractivity contribution in [3.8, 4) is 5.75 Å². The lowest BCUT2D eigenvalue weighted by atomic mass is 9.81. The molecule has 1 aliphatic heterocycles. The number of carbonyl (C=O) groups is 3. The second kappa shape index (κ2) is 11.7. The van der Waals surface area contributed by atoms with Crippen molar-refractivity contribution in [1.29, 1.82) is 0 Å². The lowest BCUT2D eigenvalue weighted by molar-refractivity contribution is -0.136. The molecule has 2 amide bonds. The Labute approximate surface area is 237 Å². The first kappa shape index (κ1) is 29.7. The SMILES string of the molecule is CCOC(=O)C1=CN(C(=O)c2ccc(F)c(F)c2)CC(C)(C)c2c1n(C)c1cc(OC(=O)NCCN(C)C)ccc21. The van der Waals surface area contributed by atoms with Crippen LogP contribution in [0, 0.1) is 11.6 Å². The van der Waals surface area contributed by atoms with Crippen LogP contribution in [-0.2, 0) is 22.0 Å². The lowest BCUT2D eigenvalue weighted by Crippen LogP contribution is -2.37. The van der Waals surface area contributed by atoms with E-state index in [2.05, 4.69) is 5.32 Å². The van der Waals surface area contributed by atoms with Crippen LogP contribution < -0.4 is 10.1 Å². The van der Waals surface area contributed by atoms with Gasteiger partial charge in [-0.15, -0.1) is 0 Å². The molecule has 1 N–H and O–H groups in total. The summed E-state index contributed by atoms with van der Waals surface area (Å²) in [7, 11) is 5.58. The number of hydrogen-bond donors (Lipinski definition) is 1. The second-order valence-corrected chi connectivity index (χ2v) is 10.8. The highest BCUT2D eigenvalue weighted by Crippen LogP contribution is 2.43. The molecule has 41 heavy (non-hydrogen) atoms. The van der Waals surface area contributed by atoms with Gasteiger partial charge in [0.05, 0.1) is 23.4 Å². The van der Waals surface area contributed by atoms with Gasteiger partial charge in [-0.3, -0.25) is 4.79 Å². The fraction of sp³-hybridized carbons (Fsp3) is 0.367. The van der Waals surface area contributed by atoms with E-state index in [0.717, 1.165) is 23.1 Å². The Morgan fingerprint density at radius 3 is 2.46 bits per heavy atom. The monoisotopic (exact) mass is 568 g/mol. The Balaban J connectivity index is 1.79. The maximum Gasteiger partial charge on any atom is 0.412 e. The van der Waals surface area contributed by atoms with Gasteiger partial charge < -0.3 is 29.2 Å². The third kappa shape index (κ3) is 6.09. The molecule has 1 aromatic heterocycles. The van der Waals surface area contributed by atoms with Crippen LogP contribution in [0.4, 0.5) is 13.6 Å². The molecule has 3 aromatic rings. The largest absolute Gasteiger partial charge is 0.462 e. The first-order chi connectivity index (χ1) is 19.3. The van der Waals surface area contributed by atoms with Crippen LogP contribution >= 0.6 is 0 Å². The van der Waals surface area contributed by atoms with Crippen molar-refractivity contribution in [1.82, 2.24) is 19.7 Å². The molecule has 0 radical (unpaired) electrons. The molecule has 2 heterocycles. The maximum absolute atomic E-state index is 14.0. The van der Waals surface area contributed by atoms with Crippen LogP contribution in [0.25, 0.3) is 16.5 Å². The zero-order valence-electron chi connectivity index (χ0n) is 24.0. The van der Waals surface area contributed by atoms with Crippen LogP contribution in [-0.4, -0.2) is 72.7 Å². The second-order valence-electron chi connectivity index (χ2n) is 10.8. The number of ether oxygens (including phenoxy) is 2. The Morgan fingerprint density at radius 2 is 1.80 bits per heavy atom. The van der Waals surface area contributed by atoms with Gasteiger partial charge in [0.2, 0.25) is 0 Å². The molecule has 0 unspecified atom stereocenters. The van der Waals surface area contributed by atoms with Gasteiger partial charge in [0, 0.05) is 55.3 Å². The van der Waals surface area contributed by atoms with Gasteiger partial charge in [-0.2, -0.15) is 0 Å². The van der Waals surface area contributed by atoms with Crippen LogP contribution in [0.2, 0.25) is 0 Å². The minimum atomic E-state index is -1.14. The summed E-state index contributed by atoms with van der Waals surface area (Å²) in [6.07, 6.45) is 0.824. The number of fused-ring (bicyclic) bond motifs is 3. The van der Waals surface area contributed by atoms with Crippen molar-refractivity contribution < 1.29 is 32.6 Å². The number of aryl methyl sites for hydroxylation is 1. The molecule has 0 atom stereocenters. The number of aromatic nitrogens is 1. The number of nitrogens with zero attached hydrogens (tertiary/aromatic N) is 3. The highest BCUT2D eigenvalue weighted by molar-refractivity contribution is 6.19. The normalized spacial score (nSPS) is 14.4.